The van der Waals surface area contributed by atoms with Gasteiger partial charge < -0.3 is 38.6 Å². The van der Waals surface area contributed by atoms with E-state index in [2.05, 4.69) is 0 Å². The molecule has 0 aromatic rings. The summed E-state index contributed by atoms with van der Waals surface area (Å²) in [6.45, 7) is 7.07. The van der Waals surface area contributed by atoms with Crippen LogP contribution in [0.1, 0.15) is 40.5 Å². The standard InChI is InChI=1S/C20H32O8/c1-17(2)25-13-8-20(9-14(13)26-17)11(10-21)7-12-15(16(20)22)28-19(4,24-6)18(3,23-5)27-12/h7,12-16,21-22H,8-10H2,1-6H3/t12-,13-,14+,15+,16-,18+,19+,20?/m1/s1. The van der Waals surface area contributed by atoms with E-state index >= 15 is 0 Å². The second-order valence-electron chi connectivity index (χ2n) is 9.04. The Balaban J connectivity index is 1.69. The van der Waals surface area contributed by atoms with Crippen LogP contribution in [-0.4, -0.2) is 78.9 Å². The van der Waals surface area contributed by atoms with Gasteiger partial charge in [-0.05, 0) is 46.1 Å². The molecule has 8 atom stereocenters. The van der Waals surface area contributed by atoms with Gasteiger partial charge in [0.2, 0.25) is 11.6 Å². The number of rotatable bonds is 3. The fourth-order valence-electron chi connectivity index (χ4n) is 5.35. The van der Waals surface area contributed by atoms with Gasteiger partial charge in [-0.25, -0.2) is 0 Å². The quantitative estimate of drug-likeness (QED) is 0.680. The average molecular weight is 400 g/mol. The van der Waals surface area contributed by atoms with E-state index in [-0.39, 0.29) is 18.8 Å². The Hall–Kier alpha value is -0.580. The summed E-state index contributed by atoms with van der Waals surface area (Å²) in [7, 11) is 3.04. The van der Waals surface area contributed by atoms with Crippen LogP contribution in [0.15, 0.2) is 11.6 Å². The fourth-order valence-corrected chi connectivity index (χ4v) is 5.35. The molecular formula is C20H32O8. The van der Waals surface area contributed by atoms with Crippen molar-refractivity contribution in [1.29, 1.82) is 0 Å². The summed E-state index contributed by atoms with van der Waals surface area (Å²) in [5.41, 5.74) is 0.0318. The lowest BCUT2D eigenvalue weighted by molar-refractivity contribution is -0.452. The molecule has 2 N–H and O–H groups in total. The van der Waals surface area contributed by atoms with Gasteiger partial charge in [-0.2, -0.15) is 0 Å². The van der Waals surface area contributed by atoms with E-state index < -0.39 is 41.1 Å². The number of ether oxygens (including phenoxy) is 6. The first kappa shape index (κ1) is 20.7. The number of aliphatic hydroxyl groups is 2. The first-order valence-electron chi connectivity index (χ1n) is 9.85. The Bertz CT molecular complexity index is 647. The van der Waals surface area contributed by atoms with Crippen LogP contribution in [0.2, 0.25) is 0 Å². The molecule has 160 valence electrons. The van der Waals surface area contributed by atoms with Crippen molar-refractivity contribution in [3.8, 4) is 0 Å². The number of hydrogen-bond acceptors (Lipinski definition) is 8. The fraction of sp³-hybridized carbons (Fsp3) is 0.900. The third kappa shape index (κ3) is 2.74. The first-order valence-corrected chi connectivity index (χ1v) is 9.85. The van der Waals surface area contributed by atoms with Gasteiger partial charge in [-0.3, -0.25) is 0 Å². The van der Waals surface area contributed by atoms with Crippen LogP contribution >= 0.6 is 0 Å². The lowest BCUT2D eigenvalue weighted by Crippen LogP contribution is -2.69. The van der Waals surface area contributed by atoms with Gasteiger partial charge in [0, 0.05) is 19.6 Å². The van der Waals surface area contributed by atoms with Crippen molar-refractivity contribution >= 4 is 0 Å². The molecule has 0 bridgehead atoms. The van der Waals surface area contributed by atoms with Crippen molar-refractivity contribution in [2.75, 3.05) is 20.8 Å². The first-order chi connectivity index (χ1) is 13.0. The van der Waals surface area contributed by atoms with Crippen molar-refractivity contribution in [1.82, 2.24) is 0 Å². The van der Waals surface area contributed by atoms with E-state index in [1.807, 2.05) is 19.9 Å². The summed E-state index contributed by atoms with van der Waals surface area (Å²) < 4.78 is 35.6. The average Bonchev–Trinajstić information content (AvgIpc) is 3.11. The SMILES string of the molecule is CO[C@@]1(C)O[C@@H]2[C@@H](O)C3(C[C@@H]4OC(C)(C)O[C@@H]4C3)C(CO)=C[C@H]2O[C@]1(C)OC. The summed E-state index contributed by atoms with van der Waals surface area (Å²) in [6.07, 6.45) is 0.513. The summed E-state index contributed by atoms with van der Waals surface area (Å²) >= 11 is 0. The highest BCUT2D eigenvalue weighted by Gasteiger charge is 2.65. The van der Waals surface area contributed by atoms with E-state index in [0.717, 1.165) is 5.57 Å². The Morgan fingerprint density at radius 1 is 0.964 bits per heavy atom. The molecule has 0 aromatic carbocycles. The maximum atomic E-state index is 11.4. The predicted octanol–water partition coefficient (Wildman–Crippen LogP) is 1.09. The zero-order valence-electron chi connectivity index (χ0n) is 17.4. The normalized spacial score (nSPS) is 52.4. The molecule has 0 amide bonds. The number of hydrogen-bond donors (Lipinski definition) is 2. The number of fused-ring (bicyclic) bond motifs is 2. The summed E-state index contributed by atoms with van der Waals surface area (Å²) in [5, 5.41) is 21.6. The third-order valence-corrected chi connectivity index (χ3v) is 7.12. The number of methoxy groups -OCH3 is 2. The topological polar surface area (TPSA) is 95.8 Å². The van der Waals surface area contributed by atoms with Gasteiger partial charge in [0.25, 0.3) is 0 Å². The van der Waals surface area contributed by atoms with Crippen molar-refractivity contribution < 1.29 is 38.6 Å². The molecule has 0 radical (unpaired) electrons. The molecule has 8 nitrogen and oxygen atoms in total. The molecular weight excluding hydrogens is 368 g/mol. The van der Waals surface area contributed by atoms with Gasteiger partial charge in [-0.15, -0.1) is 0 Å². The molecule has 0 aromatic heterocycles. The molecule has 1 spiro atoms. The molecule has 2 heterocycles. The lowest BCUT2D eigenvalue weighted by Gasteiger charge is -2.56. The maximum Gasteiger partial charge on any atom is 0.220 e. The van der Waals surface area contributed by atoms with E-state index in [1.54, 1.807) is 13.8 Å². The van der Waals surface area contributed by atoms with Gasteiger partial charge in [0.05, 0.1) is 24.9 Å². The van der Waals surface area contributed by atoms with E-state index in [4.69, 9.17) is 28.4 Å². The van der Waals surface area contributed by atoms with Crippen molar-refractivity contribution in [2.24, 2.45) is 5.41 Å². The van der Waals surface area contributed by atoms with Crippen LogP contribution in [0.25, 0.3) is 0 Å². The molecule has 8 heteroatoms. The summed E-state index contributed by atoms with van der Waals surface area (Å²) in [4.78, 5) is 0. The number of aliphatic hydroxyl groups excluding tert-OH is 2. The molecule has 28 heavy (non-hydrogen) atoms. The largest absolute Gasteiger partial charge is 0.392 e. The minimum Gasteiger partial charge on any atom is -0.392 e. The Labute approximate surface area is 165 Å². The second-order valence-corrected chi connectivity index (χ2v) is 9.04. The monoisotopic (exact) mass is 400 g/mol. The third-order valence-electron chi connectivity index (χ3n) is 7.12. The van der Waals surface area contributed by atoms with Crippen LogP contribution < -0.4 is 0 Å². The molecule has 4 rings (SSSR count). The molecule has 2 aliphatic heterocycles. The molecule has 3 fully saturated rings. The maximum absolute atomic E-state index is 11.4. The van der Waals surface area contributed by atoms with Crippen molar-refractivity contribution in [2.45, 2.75) is 88.4 Å². The lowest BCUT2D eigenvalue weighted by atomic mass is 9.66. The van der Waals surface area contributed by atoms with Crippen molar-refractivity contribution in [3.05, 3.63) is 11.6 Å². The molecule has 4 aliphatic rings. The Morgan fingerprint density at radius 2 is 1.50 bits per heavy atom. The van der Waals surface area contributed by atoms with Crippen LogP contribution in [0.3, 0.4) is 0 Å². The van der Waals surface area contributed by atoms with Gasteiger partial charge in [-0.1, -0.05) is 6.08 Å². The second kappa shape index (κ2) is 6.46. The Kier molecular flexibility index (Phi) is 4.77. The van der Waals surface area contributed by atoms with Gasteiger partial charge >= 0.3 is 0 Å². The highest BCUT2D eigenvalue weighted by molar-refractivity contribution is 5.30. The molecule has 1 saturated carbocycles. The van der Waals surface area contributed by atoms with Crippen LogP contribution in [0.5, 0.6) is 0 Å². The molecule has 1 unspecified atom stereocenters. The van der Waals surface area contributed by atoms with E-state index in [1.165, 1.54) is 14.2 Å². The Morgan fingerprint density at radius 3 is 2.00 bits per heavy atom. The highest BCUT2D eigenvalue weighted by Crippen LogP contribution is 2.57. The molecule has 2 aliphatic carbocycles. The predicted molar refractivity (Wildman–Crippen MR) is 97.2 cm³/mol. The molecule has 2 saturated heterocycles. The summed E-state index contributed by atoms with van der Waals surface area (Å²) in [6, 6.07) is 0. The van der Waals surface area contributed by atoms with Gasteiger partial charge in [0.15, 0.2) is 5.79 Å². The minimum atomic E-state index is -1.21. The van der Waals surface area contributed by atoms with Crippen molar-refractivity contribution in [3.63, 3.8) is 0 Å². The van der Waals surface area contributed by atoms with Gasteiger partial charge in [0.1, 0.15) is 12.2 Å². The highest BCUT2D eigenvalue weighted by atomic mass is 16.8. The van der Waals surface area contributed by atoms with Crippen LogP contribution in [0, 0.1) is 5.41 Å². The van der Waals surface area contributed by atoms with Crippen LogP contribution in [-0.2, 0) is 28.4 Å². The zero-order chi connectivity index (χ0) is 20.5. The van der Waals surface area contributed by atoms with E-state index in [0.29, 0.717) is 12.8 Å². The van der Waals surface area contributed by atoms with E-state index in [9.17, 15) is 10.2 Å². The zero-order valence-corrected chi connectivity index (χ0v) is 17.4. The summed E-state index contributed by atoms with van der Waals surface area (Å²) in [5.74, 6) is -3.02. The smallest absolute Gasteiger partial charge is 0.220 e. The minimum absolute atomic E-state index is 0.140. The van der Waals surface area contributed by atoms with Crippen LogP contribution in [0.4, 0.5) is 0 Å².